The Hall–Kier alpha value is -1.78. The second kappa shape index (κ2) is 6.97. The summed E-state index contributed by atoms with van der Waals surface area (Å²) in [5, 5.41) is 3.18. The van der Waals surface area contributed by atoms with Gasteiger partial charge in [0, 0.05) is 5.69 Å². The molecule has 1 aromatic rings. The minimum absolute atomic E-state index is 0.273. The minimum Gasteiger partial charge on any atom is -0.493 e. The summed E-state index contributed by atoms with van der Waals surface area (Å²) in [6, 6.07) is 1.47. The fourth-order valence-corrected chi connectivity index (χ4v) is 1.84. The van der Waals surface area contributed by atoms with Crippen LogP contribution in [0.2, 0.25) is 0 Å². The van der Waals surface area contributed by atoms with E-state index in [2.05, 4.69) is 24.1 Å². The second-order valence-electron chi connectivity index (χ2n) is 4.88. The molecule has 19 heavy (non-hydrogen) atoms. The highest BCUT2D eigenvalue weighted by molar-refractivity contribution is 5.80. The van der Waals surface area contributed by atoms with Crippen LogP contribution in [-0.4, -0.2) is 31.2 Å². The van der Waals surface area contributed by atoms with Gasteiger partial charge in [0.05, 0.1) is 26.1 Å². The van der Waals surface area contributed by atoms with Crippen LogP contribution < -0.4 is 10.1 Å². The zero-order valence-electron chi connectivity index (χ0n) is 12.2. The smallest absolute Gasteiger partial charge is 0.328 e. The van der Waals surface area contributed by atoms with Gasteiger partial charge in [-0.2, -0.15) is 0 Å². The number of carbonyl (C=O) groups is 1. The third kappa shape index (κ3) is 4.43. The molecule has 0 radical (unpaired) electrons. The Morgan fingerprint density at radius 3 is 2.63 bits per heavy atom. The Morgan fingerprint density at radius 1 is 1.42 bits per heavy atom. The van der Waals surface area contributed by atoms with Gasteiger partial charge in [0.15, 0.2) is 5.75 Å². The Kier molecular flexibility index (Phi) is 5.60. The maximum Gasteiger partial charge on any atom is 0.328 e. The molecule has 1 heterocycles. The molecule has 5 heteroatoms. The molecule has 1 unspecified atom stereocenters. The molecule has 0 saturated heterocycles. The predicted octanol–water partition coefficient (Wildman–Crippen LogP) is 2.40. The van der Waals surface area contributed by atoms with Crippen LogP contribution in [0.5, 0.6) is 5.75 Å². The van der Waals surface area contributed by atoms with Crippen molar-refractivity contribution in [3.8, 4) is 5.75 Å². The zero-order chi connectivity index (χ0) is 14.4. The molecular weight excluding hydrogens is 244 g/mol. The van der Waals surface area contributed by atoms with Crippen molar-refractivity contribution in [1.82, 2.24) is 4.98 Å². The van der Waals surface area contributed by atoms with Gasteiger partial charge in [-0.15, -0.1) is 0 Å². The van der Waals surface area contributed by atoms with Gasteiger partial charge >= 0.3 is 5.97 Å². The molecule has 0 aliphatic heterocycles. The first-order valence-corrected chi connectivity index (χ1v) is 6.33. The number of methoxy groups -OCH3 is 2. The quantitative estimate of drug-likeness (QED) is 0.801. The van der Waals surface area contributed by atoms with E-state index in [-0.39, 0.29) is 12.0 Å². The van der Waals surface area contributed by atoms with Crippen molar-refractivity contribution in [2.75, 3.05) is 19.5 Å². The average Bonchev–Trinajstić information content (AvgIpc) is 2.36. The Morgan fingerprint density at radius 2 is 2.11 bits per heavy atom. The summed E-state index contributed by atoms with van der Waals surface area (Å²) in [4.78, 5) is 16.0. The minimum atomic E-state index is -0.388. The summed E-state index contributed by atoms with van der Waals surface area (Å²) in [5.41, 5.74) is 1.61. The molecule has 1 N–H and O–H groups in total. The number of pyridine rings is 1. The van der Waals surface area contributed by atoms with Crippen LogP contribution in [0, 0.1) is 12.8 Å². The summed E-state index contributed by atoms with van der Waals surface area (Å²) in [6.07, 6.45) is 2.33. The molecule has 1 atom stereocenters. The molecule has 0 aliphatic carbocycles. The first-order chi connectivity index (χ1) is 8.97. The molecule has 0 aliphatic rings. The Bertz CT molecular complexity index is 433. The van der Waals surface area contributed by atoms with Crippen LogP contribution in [0.25, 0.3) is 0 Å². The van der Waals surface area contributed by atoms with Crippen LogP contribution >= 0.6 is 0 Å². The van der Waals surface area contributed by atoms with Crippen molar-refractivity contribution < 1.29 is 14.3 Å². The number of nitrogens with one attached hydrogen (secondary N) is 1. The number of esters is 1. The normalized spacial score (nSPS) is 12.1. The zero-order valence-corrected chi connectivity index (χ0v) is 12.2. The molecule has 106 valence electrons. The van der Waals surface area contributed by atoms with E-state index in [9.17, 15) is 4.79 Å². The number of ether oxygens (including phenoxy) is 2. The summed E-state index contributed by atoms with van der Waals surface area (Å²) in [7, 11) is 2.97. The van der Waals surface area contributed by atoms with Gasteiger partial charge < -0.3 is 14.8 Å². The fourth-order valence-electron chi connectivity index (χ4n) is 1.84. The van der Waals surface area contributed by atoms with Crippen LogP contribution in [0.15, 0.2) is 12.3 Å². The molecule has 0 spiro atoms. The van der Waals surface area contributed by atoms with E-state index in [4.69, 9.17) is 9.47 Å². The lowest BCUT2D eigenvalue weighted by Crippen LogP contribution is -2.32. The molecule has 0 fully saturated rings. The molecular formula is C14H22N2O3. The number of hydrogen-bond donors (Lipinski definition) is 1. The van der Waals surface area contributed by atoms with E-state index in [0.29, 0.717) is 18.1 Å². The first-order valence-electron chi connectivity index (χ1n) is 6.33. The average molecular weight is 266 g/mol. The van der Waals surface area contributed by atoms with Gasteiger partial charge in [-0.3, -0.25) is 4.98 Å². The van der Waals surface area contributed by atoms with Crippen molar-refractivity contribution in [2.24, 2.45) is 5.92 Å². The maximum absolute atomic E-state index is 11.8. The molecule has 1 rings (SSSR count). The highest BCUT2D eigenvalue weighted by Gasteiger charge is 2.21. The van der Waals surface area contributed by atoms with Gasteiger partial charge in [-0.1, -0.05) is 13.8 Å². The Balaban J connectivity index is 2.94. The maximum atomic E-state index is 11.8. The summed E-state index contributed by atoms with van der Waals surface area (Å²) < 4.78 is 10.1. The van der Waals surface area contributed by atoms with Gasteiger partial charge in [-0.05, 0) is 25.3 Å². The summed E-state index contributed by atoms with van der Waals surface area (Å²) in [5.74, 6) is 0.721. The van der Waals surface area contributed by atoms with Gasteiger partial charge in [-0.25, -0.2) is 4.79 Å². The van der Waals surface area contributed by atoms with Crippen LogP contribution in [-0.2, 0) is 9.53 Å². The standard InChI is InChI=1S/C14H22N2O3/c1-9(2)6-12(14(17)19-5)16-11-7-10(3)15-8-13(11)18-4/h7-9,12H,6H2,1-5H3,(H,15,16). The SMILES string of the molecule is COC(=O)C(CC(C)C)Nc1cc(C)ncc1OC. The number of anilines is 1. The van der Waals surface area contributed by atoms with Crippen LogP contribution in [0.3, 0.4) is 0 Å². The number of aromatic nitrogens is 1. The van der Waals surface area contributed by atoms with Crippen LogP contribution in [0.1, 0.15) is 26.0 Å². The highest BCUT2D eigenvalue weighted by Crippen LogP contribution is 2.25. The third-order valence-electron chi connectivity index (χ3n) is 2.75. The van der Waals surface area contributed by atoms with Crippen molar-refractivity contribution in [1.29, 1.82) is 0 Å². The Labute approximate surface area is 114 Å². The number of hydrogen-bond acceptors (Lipinski definition) is 5. The first kappa shape index (κ1) is 15.3. The number of carbonyl (C=O) groups excluding carboxylic acids is 1. The highest BCUT2D eigenvalue weighted by atomic mass is 16.5. The topological polar surface area (TPSA) is 60.5 Å². The number of rotatable bonds is 6. The summed E-state index contributed by atoms with van der Waals surface area (Å²) >= 11 is 0. The predicted molar refractivity (Wildman–Crippen MR) is 74.4 cm³/mol. The van der Waals surface area contributed by atoms with E-state index >= 15 is 0 Å². The molecule has 0 bridgehead atoms. The third-order valence-corrected chi connectivity index (χ3v) is 2.75. The van der Waals surface area contributed by atoms with Crippen molar-refractivity contribution in [3.63, 3.8) is 0 Å². The molecule has 1 aromatic heterocycles. The van der Waals surface area contributed by atoms with E-state index in [1.807, 2.05) is 13.0 Å². The molecule has 0 aromatic carbocycles. The lowest BCUT2D eigenvalue weighted by Gasteiger charge is -2.20. The van der Waals surface area contributed by atoms with Crippen molar-refractivity contribution in [3.05, 3.63) is 18.0 Å². The largest absolute Gasteiger partial charge is 0.493 e. The number of nitrogens with zero attached hydrogens (tertiary/aromatic N) is 1. The van der Waals surface area contributed by atoms with Gasteiger partial charge in [0.25, 0.3) is 0 Å². The van der Waals surface area contributed by atoms with E-state index < -0.39 is 0 Å². The van der Waals surface area contributed by atoms with Crippen molar-refractivity contribution >= 4 is 11.7 Å². The molecule has 0 saturated carbocycles. The lowest BCUT2D eigenvalue weighted by molar-refractivity contribution is -0.141. The van der Waals surface area contributed by atoms with Crippen molar-refractivity contribution in [2.45, 2.75) is 33.2 Å². The molecule has 0 amide bonds. The fraction of sp³-hybridized carbons (Fsp3) is 0.571. The lowest BCUT2D eigenvalue weighted by atomic mass is 10.0. The van der Waals surface area contributed by atoms with E-state index in [0.717, 1.165) is 11.4 Å². The van der Waals surface area contributed by atoms with Gasteiger partial charge in [0.2, 0.25) is 0 Å². The van der Waals surface area contributed by atoms with Crippen LogP contribution in [0.4, 0.5) is 5.69 Å². The second-order valence-corrected chi connectivity index (χ2v) is 4.88. The number of aryl methyl sites for hydroxylation is 1. The molecule has 5 nitrogen and oxygen atoms in total. The van der Waals surface area contributed by atoms with E-state index in [1.54, 1.807) is 13.3 Å². The monoisotopic (exact) mass is 266 g/mol. The van der Waals surface area contributed by atoms with E-state index in [1.165, 1.54) is 7.11 Å². The summed E-state index contributed by atoms with van der Waals surface area (Å²) in [6.45, 7) is 6.01. The van der Waals surface area contributed by atoms with Gasteiger partial charge in [0.1, 0.15) is 6.04 Å².